The van der Waals surface area contributed by atoms with Crippen molar-refractivity contribution in [1.29, 1.82) is 0 Å². The molecule has 40 heavy (non-hydrogen) atoms. The van der Waals surface area contributed by atoms with E-state index >= 15 is 0 Å². The Balaban J connectivity index is 1.17. The number of halogens is 2. The van der Waals surface area contributed by atoms with Gasteiger partial charge in [-0.2, -0.15) is 5.10 Å². The van der Waals surface area contributed by atoms with Crippen molar-refractivity contribution < 1.29 is 27.8 Å². The van der Waals surface area contributed by atoms with Crippen LogP contribution < -0.4 is 9.64 Å². The van der Waals surface area contributed by atoms with E-state index in [1.165, 1.54) is 18.5 Å². The molecule has 0 saturated carbocycles. The first kappa shape index (κ1) is 27.8. The van der Waals surface area contributed by atoms with E-state index in [9.17, 15) is 13.6 Å². The smallest absolute Gasteiger partial charge is 0.410 e. The molecule has 0 bridgehead atoms. The number of hydrogen-bond acceptors (Lipinski definition) is 7. The fourth-order valence-corrected chi connectivity index (χ4v) is 5.23. The highest BCUT2D eigenvalue weighted by Crippen LogP contribution is 2.42. The van der Waals surface area contributed by atoms with E-state index in [4.69, 9.17) is 14.2 Å². The normalized spacial score (nSPS) is 21.5. The minimum Gasteiger partial charge on any atom is -0.493 e. The Morgan fingerprint density at radius 3 is 2.50 bits per heavy atom. The third-order valence-corrected chi connectivity index (χ3v) is 7.14. The van der Waals surface area contributed by atoms with Gasteiger partial charge in [0.2, 0.25) is 0 Å². The number of ether oxygens (including phenoxy) is 3. The van der Waals surface area contributed by atoms with Crippen molar-refractivity contribution in [2.75, 3.05) is 44.3 Å². The number of piperazine rings is 1. The summed E-state index contributed by atoms with van der Waals surface area (Å²) in [6, 6.07) is 11.4. The molecule has 0 aliphatic carbocycles. The topological polar surface area (TPSA) is 82.0 Å². The third-order valence-electron chi connectivity index (χ3n) is 7.14. The maximum absolute atomic E-state index is 14.8. The summed E-state index contributed by atoms with van der Waals surface area (Å²) in [4.78, 5) is 20.3. The van der Waals surface area contributed by atoms with E-state index in [0.29, 0.717) is 51.4 Å². The highest BCUT2D eigenvalue weighted by Gasteiger charge is 2.44. The molecule has 0 unspecified atom stereocenters. The summed E-state index contributed by atoms with van der Waals surface area (Å²) in [7, 11) is 0. The maximum Gasteiger partial charge on any atom is 0.410 e. The van der Waals surface area contributed by atoms with Crippen LogP contribution in [-0.2, 0) is 21.6 Å². The monoisotopic (exact) mass is 555 g/mol. The average molecular weight is 556 g/mol. The number of rotatable bonds is 7. The van der Waals surface area contributed by atoms with Crippen molar-refractivity contribution in [2.24, 2.45) is 5.92 Å². The molecule has 0 spiro atoms. The molecule has 2 aliphatic rings. The summed E-state index contributed by atoms with van der Waals surface area (Å²) in [6.07, 6.45) is 3.17. The van der Waals surface area contributed by atoms with Crippen molar-refractivity contribution in [3.8, 4) is 5.75 Å². The molecule has 0 N–H and O–H groups in total. The van der Waals surface area contributed by atoms with Crippen LogP contribution in [0.5, 0.6) is 5.75 Å². The minimum absolute atomic E-state index is 0.00594. The van der Waals surface area contributed by atoms with Gasteiger partial charge in [0, 0.05) is 49.4 Å². The molecule has 1 aromatic heterocycles. The Kier molecular flexibility index (Phi) is 7.93. The predicted molar refractivity (Wildman–Crippen MR) is 144 cm³/mol. The summed E-state index contributed by atoms with van der Waals surface area (Å²) in [6.45, 7) is 9.23. The summed E-state index contributed by atoms with van der Waals surface area (Å²) in [5.41, 5.74) is -0.169. The zero-order valence-electron chi connectivity index (χ0n) is 23.1. The zero-order chi connectivity index (χ0) is 28.3. The van der Waals surface area contributed by atoms with Crippen LogP contribution >= 0.6 is 0 Å². The fourth-order valence-electron chi connectivity index (χ4n) is 5.23. The molecule has 2 saturated heterocycles. The van der Waals surface area contributed by atoms with E-state index < -0.39 is 22.8 Å². The van der Waals surface area contributed by atoms with Gasteiger partial charge in [-0.3, -0.25) is 0 Å². The predicted octanol–water partition coefficient (Wildman–Crippen LogP) is 4.62. The SMILES string of the molecule is CC(C)(C)OC(=O)N1CCN(c2ccc(OC[C@@H]3CO[C@@](Cn4cncn4)(c4ccc(F)cc4F)C3)cc2)CC1. The van der Waals surface area contributed by atoms with E-state index in [2.05, 4.69) is 15.0 Å². The standard InChI is InChI=1S/C29H35F2N5O4/c1-28(2,3)40-27(37)35-12-10-34(11-13-35)23-5-7-24(8-6-23)38-16-21-15-29(39-17-21,18-36-20-32-19-33-36)25-9-4-22(30)14-26(25)31/h4-9,14,19-21H,10-13,15-18H2,1-3H3/t21-,29+/m1/s1. The fraction of sp³-hybridized carbons (Fsp3) is 0.483. The number of amides is 1. The molecule has 2 fully saturated rings. The first-order valence-corrected chi connectivity index (χ1v) is 13.5. The Bertz CT molecular complexity index is 1290. The van der Waals surface area contributed by atoms with Crippen LogP contribution in [0.2, 0.25) is 0 Å². The Morgan fingerprint density at radius 2 is 1.85 bits per heavy atom. The van der Waals surface area contributed by atoms with E-state index in [0.717, 1.165) is 17.5 Å². The number of aromatic nitrogens is 3. The lowest BCUT2D eigenvalue weighted by Gasteiger charge is -2.36. The van der Waals surface area contributed by atoms with E-state index in [1.54, 1.807) is 15.9 Å². The van der Waals surface area contributed by atoms with E-state index in [1.807, 2.05) is 45.0 Å². The Labute approximate surface area is 232 Å². The van der Waals surface area contributed by atoms with Gasteiger partial charge >= 0.3 is 6.09 Å². The molecule has 11 heteroatoms. The van der Waals surface area contributed by atoms with Gasteiger partial charge in [-0.05, 0) is 57.5 Å². The van der Waals surface area contributed by atoms with Gasteiger partial charge in [0.1, 0.15) is 41.2 Å². The average Bonchev–Trinajstić information content (AvgIpc) is 3.57. The quantitative estimate of drug-likeness (QED) is 0.421. The van der Waals surface area contributed by atoms with Crippen LogP contribution in [-0.4, -0.2) is 70.8 Å². The lowest BCUT2D eigenvalue weighted by molar-refractivity contribution is -0.0206. The maximum atomic E-state index is 14.8. The van der Waals surface area contributed by atoms with E-state index in [-0.39, 0.29) is 18.6 Å². The number of nitrogens with zero attached hydrogens (tertiary/aromatic N) is 5. The van der Waals surface area contributed by atoms with Crippen molar-refractivity contribution >= 4 is 11.8 Å². The number of carbonyl (C=O) groups excluding carboxylic acids is 1. The van der Waals surface area contributed by atoms with Crippen LogP contribution in [0.4, 0.5) is 19.3 Å². The van der Waals surface area contributed by atoms with Crippen LogP contribution in [0.15, 0.2) is 55.1 Å². The van der Waals surface area contributed by atoms with Crippen LogP contribution in [0, 0.1) is 17.6 Å². The first-order valence-electron chi connectivity index (χ1n) is 13.5. The summed E-state index contributed by atoms with van der Waals surface area (Å²) < 4.78 is 47.8. The van der Waals surface area contributed by atoms with Crippen LogP contribution in [0.1, 0.15) is 32.8 Å². The molecular weight excluding hydrogens is 520 g/mol. The lowest BCUT2D eigenvalue weighted by atomic mass is 9.87. The lowest BCUT2D eigenvalue weighted by Crippen LogP contribution is -2.50. The van der Waals surface area contributed by atoms with Gasteiger partial charge in [0.05, 0.1) is 19.8 Å². The Morgan fingerprint density at radius 1 is 1.10 bits per heavy atom. The molecule has 3 aromatic rings. The summed E-state index contributed by atoms with van der Waals surface area (Å²) >= 11 is 0. The second-order valence-corrected chi connectivity index (χ2v) is 11.4. The molecule has 214 valence electrons. The molecule has 2 atom stereocenters. The van der Waals surface area contributed by atoms with Crippen LogP contribution in [0.25, 0.3) is 0 Å². The van der Waals surface area contributed by atoms with Gasteiger partial charge in [-0.25, -0.2) is 23.2 Å². The second-order valence-electron chi connectivity index (χ2n) is 11.4. The number of benzene rings is 2. The third kappa shape index (κ3) is 6.52. The summed E-state index contributed by atoms with van der Waals surface area (Å²) in [5.74, 6) is -0.570. The molecular formula is C29H35F2N5O4. The second kappa shape index (κ2) is 11.4. The molecule has 2 aliphatic heterocycles. The molecule has 1 amide bonds. The van der Waals surface area contributed by atoms with Gasteiger partial charge in [-0.15, -0.1) is 0 Å². The number of anilines is 1. The minimum atomic E-state index is -1.01. The molecule has 9 nitrogen and oxygen atoms in total. The van der Waals surface area contributed by atoms with Crippen LogP contribution in [0.3, 0.4) is 0 Å². The van der Waals surface area contributed by atoms with Crippen molar-refractivity contribution in [3.63, 3.8) is 0 Å². The number of hydrogen-bond donors (Lipinski definition) is 0. The highest BCUT2D eigenvalue weighted by atomic mass is 19.1. The van der Waals surface area contributed by atoms with Crippen molar-refractivity contribution in [3.05, 3.63) is 72.3 Å². The summed E-state index contributed by atoms with van der Waals surface area (Å²) in [5, 5.41) is 4.16. The van der Waals surface area contributed by atoms with Crippen molar-refractivity contribution in [2.45, 2.75) is 44.9 Å². The van der Waals surface area contributed by atoms with Gasteiger partial charge in [0.15, 0.2) is 0 Å². The van der Waals surface area contributed by atoms with Crippen molar-refractivity contribution in [1.82, 2.24) is 19.7 Å². The Hall–Kier alpha value is -3.73. The largest absolute Gasteiger partial charge is 0.493 e. The van der Waals surface area contributed by atoms with Gasteiger partial charge in [-0.1, -0.05) is 6.07 Å². The van der Waals surface area contributed by atoms with Gasteiger partial charge < -0.3 is 24.0 Å². The highest BCUT2D eigenvalue weighted by molar-refractivity contribution is 5.68. The van der Waals surface area contributed by atoms with Gasteiger partial charge in [0.25, 0.3) is 0 Å². The molecule has 3 heterocycles. The zero-order valence-corrected chi connectivity index (χ0v) is 23.1. The molecule has 0 radical (unpaired) electrons. The number of carbonyl (C=O) groups is 1. The molecule has 2 aromatic carbocycles. The molecule has 5 rings (SSSR count). The first-order chi connectivity index (χ1) is 19.1.